The van der Waals surface area contributed by atoms with Crippen molar-refractivity contribution in [2.24, 2.45) is 5.73 Å². The molecule has 23 heavy (non-hydrogen) atoms. The van der Waals surface area contributed by atoms with Gasteiger partial charge in [-0.25, -0.2) is 0 Å². The fraction of sp³-hybridized carbons (Fsp3) is 0.300. The SMILES string of the molecule is CCOc1ccccc1-c1[nH]c2ccccc2c1CCCCN. The fourth-order valence-electron chi connectivity index (χ4n) is 3.09. The van der Waals surface area contributed by atoms with Crippen LogP contribution in [0.5, 0.6) is 5.75 Å². The second-order valence-corrected chi connectivity index (χ2v) is 5.70. The lowest BCUT2D eigenvalue weighted by Crippen LogP contribution is -2.00. The molecule has 2 aromatic carbocycles. The second-order valence-electron chi connectivity index (χ2n) is 5.70. The average molecular weight is 308 g/mol. The zero-order chi connectivity index (χ0) is 16.1. The number of unbranched alkanes of at least 4 members (excludes halogenated alkanes) is 1. The van der Waals surface area contributed by atoms with Crippen LogP contribution in [0.3, 0.4) is 0 Å². The quantitative estimate of drug-likeness (QED) is 0.631. The summed E-state index contributed by atoms with van der Waals surface area (Å²) in [6.07, 6.45) is 3.17. The molecule has 0 amide bonds. The molecular formula is C20H24N2O. The van der Waals surface area contributed by atoms with Crippen molar-refractivity contribution >= 4 is 10.9 Å². The first-order valence-electron chi connectivity index (χ1n) is 8.37. The number of hydrogen-bond acceptors (Lipinski definition) is 2. The van der Waals surface area contributed by atoms with Crippen molar-refractivity contribution in [1.82, 2.24) is 4.98 Å². The lowest BCUT2D eigenvalue weighted by atomic mass is 10.00. The van der Waals surface area contributed by atoms with Crippen molar-refractivity contribution in [3.63, 3.8) is 0 Å². The minimum atomic E-state index is 0.666. The van der Waals surface area contributed by atoms with Crippen LogP contribution in [-0.4, -0.2) is 18.1 Å². The molecule has 0 radical (unpaired) electrons. The van der Waals surface area contributed by atoms with Gasteiger partial charge in [-0.2, -0.15) is 0 Å². The Morgan fingerprint density at radius 1 is 1.00 bits per heavy atom. The summed E-state index contributed by atoms with van der Waals surface area (Å²) < 4.78 is 5.83. The van der Waals surface area contributed by atoms with Crippen molar-refractivity contribution < 1.29 is 4.74 Å². The van der Waals surface area contributed by atoms with E-state index in [1.807, 2.05) is 19.1 Å². The number of fused-ring (bicyclic) bond motifs is 1. The summed E-state index contributed by atoms with van der Waals surface area (Å²) in [7, 11) is 0. The Labute approximate surface area is 137 Å². The highest BCUT2D eigenvalue weighted by molar-refractivity contribution is 5.91. The predicted octanol–water partition coefficient (Wildman–Crippen LogP) is 4.52. The number of nitrogens with two attached hydrogens (primary N) is 1. The summed E-state index contributed by atoms with van der Waals surface area (Å²) in [4.78, 5) is 3.59. The van der Waals surface area contributed by atoms with Crippen LogP contribution >= 0.6 is 0 Å². The second kappa shape index (κ2) is 7.34. The van der Waals surface area contributed by atoms with Crippen molar-refractivity contribution in [3.8, 4) is 17.0 Å². The van der Waals surface area contributed by atoms with Gasteiger partial charge in [0, 0.05) is 16.5 Å². The molecule has 0 fully saturated rings. The summed E-state index contributed by atoms with van der Waals surface area (Å²) in [6.45, 7) is 3.43. The number of ether oxygens (including phenoxy) is 1. The Kier molecular flexibility index (Phi) is 4.99. The molecule has 3 nitrogen and oxygen atoms in total. The Balaban J connectivity index is 2.11. The monoisotopic (exact) mass is 308 g/mol. The van der Waals surface area contributed by atoms with E-state index in [9.17, 15) is 0 Å². The third kappa shape index (κ3) is 3.25. The molecule has 0 aliphatic heterocycles. The number of H-pyrrole nitrogens is 1. The van der Waals surface area contributed by atoms with E-state index < -0.39 is 0 Å². The van der Waals surface area contributed by atoms with E-state index in [0.717, 1.165) is 37.1 Å². The Bertz CT molecular complexity index is 776. The number of aryl methyl sites for hydroxylation is 1. The molecule has 3 rings (SSSR count). The van der Waals surface area contributed by atoms with Gasteiger partial charge in [0.15, 0.2) is 0 Å². The Morgan fingerprint density at radius 2 is 1.78 bits per heavy atom. The number of para-hydroxylation sites is 2. The number of benzene rings is 2. The van der Waals surface area contributed by atoms with Crippen molar-refractivity contribution in [2.45, 2.75) is 26.2 Å². The van der Waals surface area contributed by atoms with Crippen LogP contribution in [-0.2, 0) is 6.42 Å². The van der Waals surface area contributed by atoms with Gasteiger partial charge >= 0.3 is 0 Å². The van der Waals surface area contributed by atoms with Crippen LogP contribution in [0.1, 0.15) is 25.3 Å². The van der Waals surface area contributed by atoms with Crippen molar-refractivity contribution in [3.05, 3.63) is 54.1 Å². The largest absolute Gasteiger partial charge is 0.493 e. The van der Waals surface area contributed by atoms with Crippen LogP contribution in [0.4, 0.5) is 0 Å². The van der Waals surface area contributed by atoms with E-state index in [-0.39, 0.29) is 0 Å². The van der Waals surface area contributed by atoms with Crippen molar-refractivity contribution in [1.29, 1.82) is 0 Å². The maximum atomic E-state index is 5.83. The molecule has 0 saturated carbocycles. The molecule has 3 N–H and O–H groups in total. The summed E-state index contributed by atoms with van der Waals surface area (Å²) in [6, 6.07) is 16.7. The van der Waals surface area contributed by atoms with Crippen LogP contribution in [0, 0.1) is 0 Å². The number of hydrogen-bond donors (Lipinski definition) is 2. The van der Waals surface area contributed by atoms with Crippen LogP contribution in [0.2, 0.25) is 0 Å². The maximum Gasteiger partial charge on any atom is 0.128 e. The lowest BCUT2D eigenvalue weighted by molar-refractivity contribution is 0.341. The number of nitrogens with one attached hydrogen (secondary N) is 1. The molecule has 0 atom stereocenters. The number of aromatic nitrogens is 1. The molecule has 3 heteroatoms. The first-order chi connectivity index (χ1) is 11.3. The molecule has 0 spiro atoms. The first-order valence-corrected chi connectivity index (χ1v) is 8.37. The molecule has 1 aromatic heterocycles. The van der Waals surface area contributed by atoms with Gasteiger partial charge < -0.3 is 15.5 Å². The molecular weight excluding hydrogens is 284 g/mol. The van der Waals surface area contributed by atoms with E-state index in [1.165, 1.54) is 22.2 Å². The number of rotatable bonds is 7. The van der Waals surface area contributed by atoms with E-state index in [1.54, 1.807) is 0 Å². The van der Waals surface area contributed by atoms with Gasteiger partial charge in [0.05, 0.1) is 12.3 Å². The molecule has 120 valence electrons. The topological polar surface area (TPSA) is 51.0 Å². The van der Waals surface area contributed by atoms with Crippen LogP contribution in [0.25, 0.3) is 22.2 Å². The van der Waals surface area contributed by atoms with E-state index in [4.69, 9.17) is 10.5 Å². The van der Waals surface area contributed by atoms with Crippen molar-refractivity contribution in [2.75, 3.05) is 13.2 Å². The normalized spacial score (nSPS) is 11.0. The highest BCUT2D eigenvalue weighted by Gasteiger charge is 2.15. The Hall–Kier alpha value is -2.26. The van der Waals surface area contributed by atoms with E-state index in [0.29, 0.717) is 6.61 Å². The smallest absolute Gasteiger partial charge is 0.128 e. The van der Waals surface area contributed by atoms with Gasteiger partial charge in [-0.3, -0.25) is 0 Å². The lowest BCUT2D eigenvalue weighted by Gasteiger charge is -2.11. The van der Waals surface area contributed by atoms with Gasteiger partial charge in [0.25, 0.3) is 0 Å². The van der Waals surface area contributed by atoms with Gasteiger partial charge in [0.1, 0.15) is 5.75 Å². The molecule has 0 bridgehead atoms. The van der Waals surface area contributed by atoms with E-state index in [2.05, 4.69) is 41.4 Å². The highest BCUT2D eigenvalue weighted by Crippen LogP contribution is 2.36. The van der Waals surface area contributed by atoms with Gasteiger partial charge in [-0.15, -0.1) is 0 Å². The van der Waals surface area contributed by atoms with Gasteiger partial charge in [-0.1, -0.05) is 30.3 Å². The average Bonchev–Trinajstić information content (AvgIpc) is 2.95. The highest BCUT2D eigenvalue weighted by atomic mass is 16.5. The molecule has 1 heterocycles. The standard InChI is InChI=1S/C20H24N2O/c1-2-23-19-13-6-4-11-17(19)20-16(10-7-8-14-21)15-9-3-5-12-18(15)22-20/h3-6,9,11-13,22H,2,7-8,10,14,21H2,1H3. The zero-order valence-corrected chi connectivity index (χ0v) is 13.6. The summed E-state index contributed by atoms with van der Waals surface area (Å²) in [5.74, 6) is 0.932. The predicted molar refractivity (Wildman–Crippen MR) is 96.9 cm³/mol. The van der Waals surface area contributed by atoms with Crippen LogP contribution < -0.4 is 10.5 Å². The van der Waals surface area contributed by atoms with Crippen LogP contribution in [0.15, 0.2) is 48.5 Å². The number of aromatic amines is 1. The third-order valence-electron chi connectivity index (χ3n) is 4.15. The third-order valence-corrected chi connectivity index (χ3v) is 4.15. The van der Waals surface area contributed by atoms with Gasteiger partial charge in [-0.05, 0) is 56.5 Å². The van der Waals surface area contributed by atoms with Gasteiger partial charge in [0.2, 0.25) is 0 Å². The first kappa shape index (κ1) is 15.6. The van der Waals surface area contributed by atoms with E-state index >= 15 is 0 Å². The summed E-state index contributed by atoms with van der Waals surface area (Å²) in [5, 5.41) is 1.30. The maximum absolute atomic E-state index is 5.83. The minimum Gasteiger partial charge on any atom is -0.493 e. The summed E-state index contributed by atoms with van der Waals surface area (Å²) >= 11 is 0. The zero-order valence-electron chi connectivity index (χ0n) is 13.6. The minimum absolute atomic E-state index is 0.666. The molecule has 0 aliphatic carbocycles. The fourth-order valence-corrected chi connectivity index (χ4v) is 3.09. The summed E-state index contributed by atoms with van der Waals surface area (Å²) in [5.41, 5.74) is 10.5. The molecule has 3 aromatic rings. The Morgan fingerprint density at radius 3 is 2.61 bits per heavy atom. The molecule has 0 saturated heterocycles. The molecule has 0 aliphatic rings. The molecule has 0 unspecified atom stereocenters.